The number of carbonyl (C=O) groups excluding carboxylic acids is 1. The fraction of sp³-hybridized carbons (Fsp3) is 0.250. The number of hydrogen-bond donors (Lipinski definition) is 1. The van der Waals surface area contributed by atoms with Crippen molar-refractivity contribution in [3.8, 4) is 5.75 Å². The van der Waals surface area contributed by atoms with Gasteiger partial charge >= 0.3 is 6.36 Å². The third-order valence-corrected chi connectivity index (χ3v) is 1.65. The third kappa shape index (κ3) is 2.59. The summed E-state index contributed by atoms with van der Waals surface area (Å²) in [5.74, 6) is -0.973. The molecule has 0 radical (unpaired) electrons. The number of aromatic nitrogens is 1. The van der Waals surface area contributed by atoms with Gasteiger partial charge in [-0.2, -0.15) is 0 Å². The molecule has 1 aromatic rings. The minimum Gasteiger partial charge on any atom is -0.401 e. The molecule has 1 aromatic heterocycles. The molecule has 2 N–H and O–H groups in total. The summed E-state index contributed by atoms with van der Waals surface area (Å²) in [6.07, 6.45) is -3.95. The van der Waals surface area contributed by atoms with Crippen molar-refractivity contribution in [2.24, 2.45) is 0 Å². The molecule has 0 fully saturated rings. The summed E-state index contributed by atoms with van der Waals surface area (Å²) in [5, 5.41) is 0. The summed E-state index contributed by atoms with van der Waals surface area (Å²) in [4.78, 5) is 13.7. The molecule has 0 bridgehead atoms. The third-order valence-electron chi connectivity index (χ3n) is 1.65. The standard InChI is InChI=1S/C8H6F4N2O2/c9-1-5-7(16-8(10,11)12)6(13)4(3-15)2-14-5/h2-3H,1H2,(H2,13,14). The maximum Gasteiger partial charge on any atom is 0.573 e. The van der Waals surface area contributed by atoms with Crippen molar-refractivity contribution in [2.75, 3.05) is 5.73 Å². The van der Waals surface area contributed by atoms with Crippen molar-refractivity contribution in [2.45, 2.75) is 13.0 Å². The SMILES string of the molecule is Nc1c(C=O)cnc(CF)c1OC(F)(F)F. The van der Waals surface area contributed by atoms with Gasteiger partial charge in [0.1, 0.15) is 12.4 Å². The first-order valence-corrected chi connectivity index (χ1v) is 3.93. The number of anilines is 1. The van der Waals surface area contributed by atoms with Crippen molar-refractivity contribution >= 4 is 12.0 Å². The van der Waals surface area contributed by atoms with E-state index in [0.29, 0.717) is 0 Å². The Morgan fingerprint density at radius 3 is 2.56 bits per heavy atom. The molecular weight excluding hydrogens is 232 g/mol. The Bertz CT molecular complexity index is 406. The Labute approximate surface area is 87.0 Å². The molecule has 88 valence electrons. The molecule has 0 saturated carbocycles. The number of nitrogens with zero attached hydrogens (tertiary/aromatic N) is 1. The number of nitrogen functional groups attached to an aromatic ring is 1. The van der Waals surface area contributed by atoms with E-state index in [4.69, 9.17) is 5.73 Å². The Kier molecular flexibility index (Phi) is 3.31. The Morgan fingerprint density at radius 1 is 1.50 bits per heavy atom. The highest BCUT2D eigenvalue weighted by molar-refractivity contribution is 5.85. The summed E-state index contributed by atoms with van der Waals surface area (Å²) in [7, 11) is 0. The normalized spacial score (nSPS) is 11.2. The van der Waals surface area contributed by atoms with Gasteiger partial charge in [-0.1, -0.05) is 0 Å². The fourth-order valence-electron chi connectivity index (χ4n) is 0.981. The van der Waals surface area contributed by atoms with E-state index in [9.17, 15) is 22.4 Å². The van der Waals surface area contributed by atoms with E-state index in [1.807, 2.05) is 0 Å². The van der Waals surface area contributed by atoms with Crippen molar-refractivity contribution < 1.29 is 27.1 Å². The van der Waals surface area contributed by atoms with Crippen LogP contribution in [0, 0.1) is 0 Å². The number of hydrogen-bond acceptors (Lipinski definition) is 4. The predicted molar refractivity (Wildman–Crippen MR) is 45.5 cm³/mol. The summed E-state index contributed by atoms with van der Waals surface area (Å²) in [6, 6.07) is 0. The summed E-state index contributed by atoms with van der Waals surface area (Å²) in [5.41, 5.74) is 3.72. The van der Waals surface area contributed by atoms with Crippen LogP contribution in [-0.4, -0.2) is 17.6 Å². The molecule has 0 aliphatic rings. The van der Waals surface area contributed by atoms with Gasteiger partial charge in [0.25, 0.3) is 0 Å². The monoisotopic (exact) mass is 238 g/mol. The Morgan fingerprint density at radius 2 is 2.12 bits per heavy atom. The summed E-state index contributed by atoms with van der Waals surface area (Å²) in [6.45, 7) is -1.28. The van der Waals surface area contributed by atoms with Gasteiger partial charge in [0.05, 0.1) is 11.3 Å². The topological polar surface area (TPSA) is 65.2 Å². The van der Waals surface area contributed by atoms with Crippen LogP contribution in [0.2, 0.25) is 0 Å². The Balaban J connectivity index is 3.26. The van der Waals surface area contributed by atoms with Crippen LogP contribution in [0.1, 0.15) is 16.1 Å². The van der Waals surface area contributed by atoms with Crippen LogP contribution in [0.5, 0.6) is 5.75 Å². The van der Waals surface area contributed by atoms with Crippen LogP contribution in [0.4, 0.5) is 23.2 Å². The van der Waals surface area contributed by atoms with E-state index >= 15 is 0 Å². The molecule has 0 amide bonds. The number of halogens is 4. The lowest BCUT2D eigenvalue weighted by Gasteiger charge is -2.14. The van der Waals surface area contributed by atoms with Gasteiger partial charge in [-0.3, -0.25) is 9.78 Å². The molecule has 0 spiro atoms. The average molecular weight is 238 g/mol. The first-order valence-electron chi connectivity index (χ1n) is 3.93. The van der Waals surface area contributed by atoms with Gasteiger partial charge in [-0.05, 0) is 0 Å². The van der Waals surface area contributed by atoms with Gasteiger partial charge in [-0.25, -0.2) is 4.39 Å². The zero-order chi connectivity index (χ0) is 12.3. The highest BCUT2D eigenvalue weighted by Crippen LogP contribution is 2.32. The van der Waals surface area contributed by atoms with E-state index < -0.39 is 30.2 Å². The number of rotatable bonds is 3. The molecule has 4 nitrogen and oxygen atoms in total. The first kappa shape index (κ1) is 12.2. The lowest BCUT2D eigenvalue weighted by atomic mass is 10.2. The van der Waals surface area contributed by atoms with Crippen molar-refractivity contribution in [1.82, 2.24) is 4.98 Å². The van der Waals surface area contributed by atoms with Crippen LogP contribution < -0.4 is 10.5 Å². The van der Waals surface area contributed by atoms with Crippen LogP contribution in [-0.2, 0) is 6.67 Å². The predicted octanol–water partition coefficient (Wildman–Crippen LogP) is 1.84. The van der Waals surface area contributed by atoms with Crippen LogP contribution in [0.3, 0.4) is 0 Å². The number of nitrogens with two attached hydrogens (primary N) is 1. The lowest BCUT2D eigenvalue weighted by Crippen LogP contribution is -2.20. The van der Waals surface area contributed by atoms with Crippen molar-refractivity contribution in [3.05, 3.63) is 17.5 Å². The summed E-state index contributed by atoms with van der Waals surface area (Å²) < 4.78 is 51.7. The van der Waals surface area contributed by atoms with Gasteiger partial charge in [-0.15, -0.1) is 13.2 Å². The average Bonchev–Trinajstić information content (AvgIpc) is 2.19. The molecule has 0 aliphatic heterocycles. The molecule has 8 heteroatoms. The van der Waals surface area contributed by atoms with E-state index in [1.54, 1.807) is 0 Å². The Hall–Kier alpha value is -1.86. The number of aldehydes is 1. The van der Waals surface area contributed by atoms with Crippen LogP contribution in [0.15, 0.2) is 6.20 Å². The van der Waals surface area contributed by atoms with Gasteiger partial charge in [0.15, 0.2) is 12.0 Å². The zero-order valence-electron chi connectivity index (χ0n) is 7.71. The molecular formula is C8H6F4N2O2. The number of carbonyl (C=O) groups is 1. The van der Waals surface area contributed by atoms with Gasteiger partial charge in [0.2, 0.25) is 0 Å². The molecule has 0 saturated heterocycles. The minimum absolute atomic E-state index is 0.202. The summed E-state index contributed by atoms with van der Waals surface area (Å²) >= 11 is 0. The van der Waals surface area contributed by atoms with Crippen molar-refractivity contribution in [1.29, 1.82) is 0 Å². The first-order chi connectivity index (χ1) is 7.39. The van der Waals surface area contributed by atoms with E-state index in [-0.39, 0.29) is 11.8 Å². The quantitative estimate of drug-likeness (QED) is 0.644. The minimum atomic E-state index is -5.03. The number of pyridine rings is 1. The second-order valence-electron chi connectivity index (χ2n) is 2.70. The van der Waals surface area contributed by atoms with E-state index in [1.165, 1.54) is 0 Å². The van der Waals surface area contributed by atoms with Crippen molar-refractivity contribution in [3.63, 3.8) is 0 Å². The molecule has 1 heterocycles. The molecule has 0 aromatic carbocycles. The second-order valence-corrected chi connectivity index (χ2v) is 2.70. The number of alkyl halides is 4. The zero-order valence-corrected chi connectivity index (χ0v) is 7.71. The molecule has 16 heavy (non-hydrogen) atoms. The maximum atomic E-state index is 12.3. The molecule has 0 atom stereocenters. The highest BCUT2D eigenvalue weighted by atomic mass is 19.4. The second kappa shape index (κ2) is 4.33. The van der Waals surface area contributed by atoms with Gasteiger partial charge in [0, 0.05) is 6.20 Å². The van der Waals surface area contributed by atoms with E-state index in [0.717, 1.165) is 6.20 Å². The smallest absolute Gasteiger partial charge is 0.401 e. The number of ether oxygens (including phenoxy) is 1. The molecule has 0 unspecified atom stereocenters. The van der Waals surface area contributed by atoms with Gasteiger partial charge < -0.3 is 10.5 Å². The largest absolute Gasteiger partial charge is 0.573 e. The lowest BCUT2D eigenvalue weighted by molar-refractivity contribution is -0.274. The highest BCUT2D eigenvalue weighted by Gasteiger charge is 2.34. The molecule has 0 aliphatic carbocycles. The fourth-order valence-corrected chi connectivity index (χ4v) is 0.981. The van der Waals surface area contributed by atoms with Crippen LogP contribution >= 0.6 is 0 Å². The molecule has 1 rings (SSSR count). The maximum absolute atomic E-state index is 12.3. The van der Waals surface area contributed by atoms with E-state index in [2.05, 4.69) is 9.72 Å². The van der Waals surface area contributed by atoms with Crippen LogP contribution in [0.25, 0.3) is 0 Å².